The topological polar surface area (TPSA) is 119 Å². The normalized spacial score (nSPS) is 17.0. The first kappa shape index (κ1) is 29.6. The summed E-state index contributed by atoms with van der Waals surface area (Å²) >= 11 is 25.6. The number of rotatable bonds is 7. The van der Waals surface area contributed by atoms with E-state index in [9.17, 15) is 24.0 Å². The van der Waals surface area contributed by atoms with Crippen LogP contribution in [0.2, 0.25) is 20.1 Å². The van der Waals surface area contributed by atoms with E-state index >= 15 is 0 Å². The minimum absolute atomic E-state index is 0.176. The van der Waals surface area contributed by atoms with Gasteiger partial charge in [0.2, 0.25) is 0 Å². The van der Waals surface area contributed by atoms with E-state index in [0.717, 1.165) is 23.3 Å². The second kappa shape index (κ2) is 11.6. The average Bonchev–Trinajstić information content (AvgIpc) is 3.37. The van der Waals surface area contributed by atoms with E-state index in [2.05, 4.69) is 12.2 Å². The molecule has 208 valence electrons. The number of carbonyl (C=O) groups excluding carboxylic acids is 5. The molecule has 4 rings (SSSR count). The lowest BCUT2D eigenvalue weighted by atomic mass is 9.88. The number of esters is 2. The molecule has 2 aliphatic rings. The van der Waals surface area contributed by atoms with Gasteiger partial charge in [-0.05, 0) is 44.6 Å². The predicted octanol–water partition coefficient (Wildman–Crippen LogP) is 5.83. The van der Waals surface area contributed by atoms with Gasteiger partial charge in [-0.1, -0.05) is 53.3 Å². The van der Waals surface area contributed by atoms with Crippen LogP contribution >= 0.6 is 57.7 Å². The molecule has 0 bridgehead atoms. The van der Waals surface area contributed by atoms with Gasteiger partial charge in [0.25, 0.3) is 17.7 Å². The van der Waals surface area contributed by atoms with E-state index in [1.54, 1.807) is 6.92 Å². The van der Waals surface area contributed by atoms with Crippen molar-refractivity contribution in [2.75, 3.05) is 18.5 Å². The first-order valence-electron chi connectivity index (χ1n) is 11.9. The summed E-state index contributed by atoms with van der Waals surface area (Å²) in [7, 11) is 0. The first-order chi connectivity index (χ1) is 18.4. The number of halogens is 4. The van der Waals surface area contributed by atoms with Crippen LogP contribution in [-0.4, -0.2) is 53.8 Å². The zero-order chi connectivity index (χ0) is 28.8. The Hall–Kier alpha value is -2.37. The van der Waals surface area contributed by atoms with Crippen LogP contribution in [0, 0.1) is 5.92 Å². The predicted molar refractivity (Wildman–Crippen MR) is 147 cm³/mol. The summed E-state index contributed by atoms with van der Waals surface area (Å²) in [5, 5.41) is 2.00. The van der Waals surface area contributed by atoms with Gasteiger partial charge in [0.05, 0.1) is 43.4 Å². The molecule has 0 radical (unpaired) electrons. The smallest absolute Gasteiger partial charge is 0.341 e. The number of nitrogens with one attached hydrogen (secondary N) is 1. The molecule has 1 N–H and O–H groups in total. The highest BCUT2D eigenvalue weighted by molar-refractivity contribution is 7.17. The van der Waals surface area contributed by atoms with Gasteiger partial charge in [0, 0.05) is 4.88 Å². The molecule has 0 fully saturated rings. The van der Waals surface area contributed by atoms with Crippen LogP contribution in [0.3, 0.4) is 0 Å². The Morgan fingerprint density at radius 2 is 1.62 bits per heavy atom. The molecule has 1 aliphatic heterocycles. The summed E-state index contributed by atoms with van der Waals surface area (Å²) in [6.45, 7) is 4.50. The minimum Gasteiger partial charge on any atom is -0.462 e. The lowest BCUT2D eigenvalue weighted by Gasteiger charge is -2.20. The van der Waals surface area contributed by atoms with Crippen LogP contribution in [-0.2, 0) is 31.9 Å². The SMILES string of the molecule is CCOC(=O)c1c(NC(=O)COC(=O)[C@H](C)N2C(=O)c3c(Cl)c(Cl)c(Cl)c(Cl)c3C2=O)sc2c1CC[C@@H](C)C2. The third kappa shape index (κ3) is 5.37. The third-order valence-corrected chi connectivity index (χ3v) is 9.42. The first-order valence-corrected chi connectivity index (χ1v) is 14.2. The van der Waals surface area contributed by atoms with E-state index in [0.29, 0.717) is 27.8 Å². The number of ether oxygens (including phenoxy) is 2. The number of nitrogens with zero attached hydrogens (tertiary/aromatic N) is 1. The van der Waals surface area contributed by atoms with Crippen LogP contribution in [0.5, 0.6) is 0 Å². The largest absolute Gasteiger partial charge is 0.462 e. The number of thiophene rings is 1. The monoisotopic (exact) mass is 634 g/mol. The standard InChI is InChI=1S/C25H22Cl4N2O7S/c1-4-37-25(36)14-11-6-5-9(2)7-12(11)39-21(14)30-13(32)8-38-24(35)10(3)31-22(33)15-16(23(31)34)18(27)20(29)19(28)17(15)26/h9-10H,4-8H2,1-3H3,(H,30,32)/t9-,10+/m1/s1. The van der Waals surface area contributed by atoms with Crippen LogP contribution in [0.15, 0.2) is 0 Å². The van der Waals surface area contributed by atoms with Gasteiger partial charge in [-0.2, -0.15) is 0 Å². The zero-order valence-electron chi connectivity index (χ0n) is 20.9. The van der Waals surface area contributed by atoms with Gasteiger partial charge in [-0.3, -0.25) is 19.3 Å². The van der Waals surface area contributed by atoms with Gasteiger partial charge in [-0.15, -0.1) is 11.3 Å². The van der Waals surface area contributed by atoms with Gasteiger partial charge in [0.15, 0.2) is 6.61 Å². The van der Waals surface area contributed by atoms with Crippen molar-refractivity contribution >= 4 is 92.4 Å². The quantitative estimate of drug-likeness (QED) is 0.176. The number of carbonyl (C=O) groups is 5. The molecule has 0 saturated heterocycles. The minimum atomic E-state index is -1.43. The number of imide groups is 1. The molecule has 2 aromatic rings. The number of amides is 3. The van der Waals surface area contributed by atoms with Crippen LogP contribution in [0.25, 0.3) is 0 Å². The van der Waals surface area contributed by atoms with Crippen molar-refractivity contribution in [2.45, 2.75) is 46.1 Å². The second-order valence-electron chi connectivity index (χ2n) is 9.09. The van der Waals surface area contributed by atoms with Gasteiger partial charge < -0.3 is 14.8 Å². The van der Waals surface area contributed by atoms with Gasteiger partial charge in [0.1, 0.15) is 11.0 Å². The van der Waals surface area contributed by atoms with Crippen molar-refractivity contribution in [3.05, 3.63) is 47.2 Å². The molecule has 3 amide bonds. The molecule has 9 nitrogen and oxygen atoms in total. The molecular formula is C25H22Cl4N2O7S. The fraction of sp³-hybridized carbons (Fsp3) is 0.400. The molecule has 0 spiro atoms. The third-order valence-electron chi connectivity index (χ3n) is 6.45. The molecule has 1 aromatic heterocycles. The molecule has 2 atom stereocenters. The van der Waals surface area contributed by atoms with Gasteiger partial charge >= 0.3 is 11.9 Å². The van der Waals surface area contributed by atoms with E-state index in [4.69, 9.17) is 55.9 Å². The molecular weight excluding hydrogens is 614 g/mol. The fourth-order valence-corrected chi connectivity index (χ4v) is 6.93. The zero-order valence-corrected chi connectivity index (χ0v) is 24.8. The molecule has 1 aliphatic carbocycles. The van der Waals surface area contributed by atoms with E-state index in [-0.39, 0.29) is 37.8 Å². The van der Waals surface area contributed by atoms with Crippen molar-refractivity contribution in [1.29, 1.82) is 0 Å². The Morgan fingerprint density at radius 1 is 1.03 bits per heavy atom. The molecule has 14 heteroatoms. The second-order valence-corrected chi connectivity index (χ2v) is 11.7. The number of hydrogen-bond donors (Lipinski definition) is 1. The summed E-state index contributed by atoms with van der Waals surface area (Å²) < 4.78 is 10.3. The lowest BCUT2D eigenvalue weighted by molar-refractivity contribution is -0.150. The number of fused-ring (bicyclic) bond motifs is 2. The van der Waals surface area contributed by atoms with Crippen molar-refractivity contribution < 1.29 is 33.4 Å². The maximum Gasteiger partial charge on any atom is 0.341 e. The summed E-state index contributed by atoms with van der Waals surface area (Å²) in [6.07, 6.45) is 2.37. The van der Waals surface area contributed by atoms with E-state index in [1.807, 2.05) is 0 Å². The summed E-state index contributed by atoms with van der Waals surface area (Å²) in [4.78, 5) is 65.7. The fourth-order valence-electron chi connectivity index (χ4n) is 4.50. The van der Waals surface area contributed by atoms with E-state index < -0.39 is 42.3 Å². The van der Waals surface area contributed by atoms with Crippen molar-refractivity contribution in [3.63, 3.8) is 0 Å². The van der Waals surface area contributed by atoms with Crippen LogP contribution in [0.1, 0.15) is 68.7 Å². The Labute approximate surface area is 247 Å². The number of hydrogen-bond acceptors (Lipinski definition) is 8. The maximum absolute atomic E-state index is 13.0. The van der Waals surface area contributed by atoms with E-state index in [1.165, 1.54) is 18.3 Å². The van der Waals surface area contributed by atoms with Crippen LogP contribution < -0.4 is 5.32 Å². The van der Waals surface area contributed by atoms with Crippen molar-refractivity contribution in [1.82, 2.24) is 4.90 Å². The van der Waals surface area contributed by atoms with Crippen LogP contribution in [0.4, 0.5) is 5.00 Å². The molecule has 1 aromatic carbocycles. The highest BCUT2D eigenvalue weighted by Crippen LogP contribution is 2.45. The Balaban J connectivity index is 1.46. The highest BCUT2D eigenvalue weighted by Gasteiger charge is 2.46. The number of benzene rings is 1. The lowest BCUT2D eigenvalue weighted by Crippen LogP contribution is -2.44. The molecule has 2 heterocycles. The van der Waals surface area contributed by atoms with Crippen molar-refractivity contribution in [3.8, 4) is 0 Å². The highest BCUT2D eigenvalue weighted by atomic mass is 35.5. The number of anilines is 1. The Kier molecular flexibility index (Phi) is 8.82. The van der Waals surface area contributed by atoms with Gasteiger partial charge in [-0.25, -0.2) is 9.59 Å². The summed E-state index contributed by atoms with van der Waals surface area (Å²) in [5.41, 5.74) is 0.622. The summed E-state index contributed by atoms with van der Waals surface area (Å²) in [6, 6.07) is -1.43. The molecule has 39 heavy (non-hydrogen) atoms. The summed E-state index contributed by atoms with van der Waals surface area (Å²) in [5.74, 6) is -3.66. The molecule has 0 unspecified atom stereocenters. The molecule has 0 saturated carbocycles. The Morgan fingerprint density at radius 3 is 2.18 bits per heavy atom. The average molecular weight is 636 g/mol. The van der Waals surface area contributed by atoms with Crippen molar-refractivity contribution in [2.24, 2.45) is 5.92 Å². The maximum atomic E-state index is 13.0. The Bertz CT molecular complexity index is 1380.